The van der Waals surface area contributed by atoms with Crippen LogP contribution in [-0.2, 0) is 21.4 Å². The zero-order chi connectivity index (χ0) is 20.8. The number of amides is 1. The van der Waals surface area contributed by atoms with Gasteiger partial charge in [-0.3, -0.25) is 19.1 Å². The number of ketones is 1. The van der Waals surface area contributed by atoms with Gasteiger partial charge in [0.05, 0.1) is 23.5 Å². The molecule has 0 saturated heterocycles. The number of anilines is 1. The molecular weight excluding hydrogens is 378 g/mol. The van der Waals surface area contributed by atoms with E-state index in [4.69, 9.17) is 4.74 Å². The zero-order valence-corrected chi connectivity index (χ0v) is 17.6. The highest BCUT2D eigenvalue weighted by Gasteiger charge is 2.21. The number of hydrogen-bond donors (Lipinski definition) is 1. The lowest BCUT2D eigenvalue weighted by atomic mass is 10.1. The second-order valence-electron chi connectivity index (χ2n) is 6.44. The minimum Gasteiger partial charge on any atom is -0.453 e. The summed E-state index contributed by atoms with van der Waals surface area (Å²) in [5.74, 6) is -1.16. The van der Waals surface area contributed by atoms with Crippen molar-refractivity contribution < 1.29 is 19.1 Å². The van der Waals surface area contributed by atoms with Crippen molar-refractivity contribution in [3.63, 3.8) is 0 Å². The van der Waals surface area contributed by atoms with Gasteiger partial charge in [-0.05, 0) is 39.2 Å². The van der Waals surface area contributed by atoms with E-state index in [1.165, 1.54) is 6.92 Å². The van der Waals surface area contributed by atoms with Crippen LogP contribution in [-0.4, -0.2) is 39.8 Å². The number of nitrogens with zero attached hydrogens (tertiary/aromatic N) is 2. The van der Waals surface area contributed by atoms with Gasteiger partial charge in [0.1, 0.15) is 0 Å². The molecule has 0 aliphatic heterocycles. The summed E-state index contributed by atoms with van der Waals surface area (Å²) in [7, 11) is 1.78. The molecule has 0 spiro atoms. The van der Waals surface area contributed by atoms with Crippen LogP contribution >= 0.6 is 11.8 Å². The largest absolute Gasteiger partial charge is 0.453 e. The fourth-order valence-electron chi connectivity index (χ4n) is 2.63. The van der Waals surface area contributed by atoms with Gasteiger partial charge in [0.2, 0.25) is 0 Å². The molecule has 0 fully saturated rings. The third kappa shape index (κ3) is 5.45. The summed E-state index contributed by atoms with van der Waals surface area (Å²) in [4.78, 5) is 37.5. The number of carbonyl (C=O) groups excluding carboxylic acids is 3. The molecular formula is C20H25N3O4S. The Hall–Kier alpha value is -2.61. The van der Waals surface area contributed by atoms with Crippen molar-refractivity contribution in [1.29, 1.82) is 0 Å². The number of benzene rings is 1. The maximum atomic E-state index is 12.3. The number of Topliss-reactive ketones (excluding diaryl/α,β-unsaturated/α-hetero) is 1. The molecule has 1 atom stereocenters. The lowest BCUT2D eigenvalue weighted by molar-refractivity contribution is -0.153. The van der Waals surface area contributed by atoms with Crippen molar-refractivity contribution in [2.75, 3.05) is 11.6 Å². The van der Waals surface area contributed by atoms with Crippen LogP contribution in [0.15, 0.2) is 29.2 Å². The molecule has 1 heterocycles. The van der Waals surface area contributed by atoms with E-state index in [2.05, 4.69) is 10.4 Å². The Labute approximate surface area is 168 Å². The van der Waals surface area contributed by atoms with Crippen LogP contribution in [0.1, 0.15) is 41.5 Å². The number of thioether (sulfide) groups is 1. The predicted octanol–water partition coefficient (Wildman–Crippen LogP) is 3.29. The second kappa shape index (κ2) is 9.54. The number of rotatable bonds is 8. The van der Waals surface area contributed by atoms with Gasteiger partial charge in [0.25, 0.3) is 5.91 Å². The fourth-order valence-corrected chi connectivity index (χ4v) is 3.03. The lowest BCUT2D eigenvalue weighted by Gasteiger charge is -2.13. The number of aromatic nitrogens is 2. The predicted molar refractivity (Wildman–Crippen MR) is 109 cm³/mol. The van der Waals surface area contributed by atoms with E-state index in [1.54, 1.807) is 42.5 Å². The second-order valence-corrected chi connectivity index (χ2v) is 7.32. The van der Waals surface area contributed by atoms with Gasteiger partial charge >= 0.3 is 5.97 Å². The molecule has 1 amide bonds. The van der Waals surface area contributed by atoms with Crippen LogP contribution < -0.4 is 5.32 Å². The van der Waals surface area contributed by atoms with Crippen molar-refractivity contribution in [2.45, 2.75) is 44.6 Å². The van der Waals surface area contributed by atoms with Crippen molar-refractivity contribution in [1.82, 2.24) is 9.78 Å². The smallest absolute Gasteiger partial charge is 0.307 e. The Morgan fingerprint density at radius 3 is 2.36 bits per heavy atom. The average Bonchev–Trinajstić information content (AvgIpc) is 2.92. The molecule has 150 valence electrons. The first-order valence-electron chi connectivity index (χ1n) is 8.90. The molecule has 1 aromatic heterocycles. The third-order valence-corrected chi connectivity index (χ3v) is 5.15. The lowest BCUT2D eigenvalue weighted by Crippen LogP contribution is -2.30. The van der Waals surface area contributed by atoms with E-state index in [0.717, 1.165) is 10.6 Å². The molecule has 1 aromatic carbocycles. The van der Waals surface area contributed by atoms with Gasteiger partial charge in [0.15, 0.2) is 11.9 Å². The third-order valence-electron chi connectivity index (χ3n) is 4.40. The number of carbonyl (C=O) groups is 3. The molecule has 2 rings (SSSR count). The molecule has 0 unspecified atom stereocenters. The highest BCUT2D eigenvalue weighted by Crippen LogP contribution is 2.19. The van der Waals surface area contributed by atoms with Gasteiger partial charge in [-0.25, -0.2) is 0 Å². The van der Waals surface area contributed by atoms with Crippen molar-refractivity contribution in [3.05, 3.63) is 41.2 Å². The summed E-state index contributed by atoms with van der Waals surface area (Å²) in [6.07, 6.45) is 0.946. The quantitative estimate of drug-likeness (QED) is 0.413. The van der Waals surface area contributed by atoms with E-state index < -0.39 is 18.0 Å². The van der Waals surface area contributed by atoms with E-state index in [0.29, 0.717) is 16.9 Å². The normalized spacial score (nSPS) is 11.8. The maximum absolute atomic E-state index is 12.3. The molecule has 2 aromatic rings. The van der Waals surface area contributed by atoms with Gasteiger partial charge in [0, 0.05) is 23.9 Å². The first-order chi connectivity index (χ1) is 13.2. The zero-order valence-electron chi connectivity index (χ0n) is 16.7. The Bertz CT molecular complexity index is 874. The standard InChI is InChI=1S/C20H25N3O4S/c1-12-19(13(2)23(4)22-12)21-20(26)14(3)27-18(25)11-10-17(24)15-6-8-16(28-5)9-7-15/h6-9,14H,10-11H2,1-5H3,(H,21,26)/t14-/m0/s1. The van der Waals surface area contributed by atoms with Crippen LogP contribution in [0.25, 0.3) is 0 Å². The summed E-state index contributed by atoms with van der Waals surface area (Å²) in [5, 5.41) is 6.97. The van der Waals surface area contributed by atoms with Gasteiger partial charge in [-0.1, -0.05) is 12.1 Å². The van der Waals surface area contributed by atoms with E-state index in [1.807, 2.05) is 25.3 Å². The summed E-state index contributed by atoms with van der Waals surface area (Å²) in [6, 6.07) is 7.22. The molecule has 0 radical (unpaired) electrons. The highest BCUT2D eigenvalue weighted by molar-refractivity contribution is 7.98. The first-order valence-corrected chi connectivity index (χ1v) is 10.1. The SMILES string of the molecule is CSc1ccc(C(=O)CCC(=O)O[C@@H](C)C(=O)Nc2c(C)nn(C)c2C)cc1. The summed E-state index contributed by atoms with van der Waals surface area (Å²) in [6.45, 7) is 5.12. The average molecular weight is 404 g/mol. The van der Waals surface area contributed by atoms with Gasteiger partial charge < -0.3 is 10.1 Å². The van der Waals surface area contributed by atoms with E-state index in [-0.39, 0.29) is 18.6 Å². The minimum atomic E-state index is -0.970. The number of aryl methyl sites for hydroxylation is 2. The summed E-state index contributed by atoms with van der Waals surface area (Å²) < 4.78 is 6.83. The van der Waals surface area contributed by atoms with E-state index in [9.17, 15) is 14.4 Å². The van der Waals surface area contributed by atoms with E-state index >= 15 is 0 Å². The van der Waals surface area contributed by atoms with Crippen molar-refractivity contribution in [2.24, 2.45) is 7.05 Å². The molecule has 0 bridgehead atoms. The van der Waals surface area contributed by atoms with Crippen LogP contribution in [0.2, 0.25) is 0 Å². The van der Waals surface area contributed by atoms with Crippen LogP contribution in [0.5, 0.6) is 0 Å². The summed E-state index contributed by atoms with van der Waals surface area (Å²) >= 11 is 1.59. The first kappa shape index (κ1) is 21.7. The van der Waals surface area contributed by atoms with Crippen molar-refractivity contribution >= 4 is 35.1 Å². The number of esters is 1. The highest BCUT2D eigenvalue weighted by atomic mass is 32.2. The van der Waals surface area contributed by atoms with Gasteiger partial charge in [-0.15, -0.1) is 11.8 Å². The molecule has 0 aliphatic rings. The number of ether oxygens (including phenoxy) is 1. The topological polar surface area (TPSA) is 90.3 Å². The minimum absolute atomic E-state index is 0.0343. The van der Waals surface area contributed by atoms with Crippen LogP contribution in [0.3, 0.4) is 0 Å². The molecule has 28 heavy (non-hydrogen) atoms. The Balaban J connectivity index is 1.84. The molecule has 7 nitrogen and oxygen atoms in total. The monoisotopic (exact) mass is 403 g/mol. The molecule has 0 aliphatic carbocycles. The number of hydrogen-bond acceptors (Lipinski definition) is 6. The Kier molecular flexibility index (Phi) is 7.39. The van der Waals surface area contributed by atoms with Gasteiger partial charge in [-0.2, -0.15) is 5.10 Å². The van der Waals surface area contributed by atoms with Crippen LogP contribution in [0.4, 0.5) is 5.69 Å². The van der Waals surface area contributed by atoms with Crippen LogP contribution in [0, 0.1) is 13.8 Å². The molecule has 8 heteroatoms. The summed E-state index contributed by atoms with van der Waals surface area (Å²) in [5.41, 5.74) is 2.66. The Morgan fingerprint density at radius 2 is 1.82 bits per heavy atom. The molecule has 1 N–H and O–H groups in total. The number of nitrogens with one attached hydrogen (secondary N) is 1. The maximum Gasteiger partial charge on any atom is 0.307 e. The fraction of sp³-hybridized carbons (Fsp3) is 0.400. The molecule has 0 saturated carbocycles. The van der Waals surface area contributed by atoms with Crippen molar-refractivity contribution in [3.8, 4) is 0 Å². The Morgan fingerprint density at radius 1 is 1.18 bits per heavy atom.